The number of hydrogen-bond acceptors (Lipinski definition) is 4. The van der Waals surface area contributed by atoms with Gasteiger partial charge in [-0.2, -0.15) is 0 Å². The first-order valence-electron chi connectivity index (χ1n) is 8.54. The Morgan fingerprint density at radius 2 is 1.77 bits per heavy atom. The molecule has 0 aliphatic rings. The van der Waals surface area contributed by atoms with Crippen LogP contribution in [0.25, 0.3) is 10.9 Å². The lowest BCUT2D eigenvalue weighted by Crippen LogP contribution is -2.30. The predicted octanol–water partition coefficient (Wildman–Crippen LogP) is 3.36. The van der Waals surface area contributed by atoms with Crippen molar-refractivity contribution in [3.63, 3.8) is 0 Å². The molecule has 0 saturated carbocycles. The Morgan fingerprint density at radius 3 is 2.54 bits per heavy atom. The quantitative estimate of drug-likeness (QED) is 0.767. The SMILES string of the molecule is CCN(CC)C(=O)c1ccnc(C(=O)Nc2cccc3cccnc23)c1. The summed E-state index contributed by atoms with van der Waals surface area (Å²) in [6, 6.07) is 12.5. The van der Waals surface area contributed by atoms with Crippen LogP contribution in [-0.2, 0) is 0 Å². The Hall–Kier alpha value is -3.28. The average molecular weight is 348 g/mol. The van der Waals surface area contributed by atoms with E-state index in [9.17, 15) is 9.59 Å². The van der Waals surface area contributed by atoms with Gasteiger partial charge in [0.1, 0.15) is 5.69 Å². The fourth-order valence-electron chi connectivity index (χ4n) is 2.77. The molecule has 0 aliphatic carbocycles. The highest BCUT2D eigenvalue weighted by atomic mass is 16.2. The number of carbonyl (C=O) groups is 2. The van der Waals surface area contributed by atoms with Crippen molar-refractivity contribution in [2.24, 2.45) is 0 Å². The maximum atomic E-state index is 12.6. The summed E-state index contributed by atoms with van der Waals surface area (Å²) in [6.07, 6.45) is 3.16. The number of aromatic nitrogens is 2. The van der Waals surface area contributed by atoms with Gasteiger partial charge in [0.2, 0.25) is 0 Å². The number of anilines is 1. The summed E-state index contributed by atoms with van der Waals surface area (Å²) >= 11 is 0. The maximum absolute atomic E-state index is 12.6. The third kappa shape index (κ3) is 3.54. The van der Waals surface area contributed by atoms with Crippen molar-refractivity contribution in [3.8, 4) is 0 Å². The number of nitrogens with one attached hydrogen (secondary N) is 1. The molecule has 6 nitrogen and oxygen atoms in total. The molecule has 0 atom stereocenters. The highest BCUT2D eigenvalue weighted by Crippen LogP contribution is 2.21. The summed E-state index contributed by atoms with van der Waals surface area (Å²) in [5, 5.41) is 3.77. The molecule has 0 fully saturated rings. The molecule has 2 aromatic heterocycles. The normalized spacial score (nSPS) is 10.5. The molecule has 0 radical (unpaired) electrons. The average Bonchev–Trinajstić information content (AvgIpc) is 2.69. The molecule has 2 heterocycles. The van der Waals surface area contributed by atoms with E-state index in [1.54, 1.807) is 23.2 Å². The second kappa shape index (κ2) is 7.74. The van der Waals surface area contributed by atoms with Crippen molar-refractivity contribution in [1.82, 2.24) is 14.9 Å². The molecular formula is C20H20N4O2. The van der Waals surface area contributed by atoms with Crippen LogP contribution in [0.3, 0.4) is 0 Å². The van der Waals surface area contributed by atoms with Gasteiger partial charge in [-0.15, -0.1) is 0 Å². The van der Waals surface area contributed by atoms with Gasteiger partial charge in [-0.05, 0) is 38.1 Å². The first kappa shape index (κ1) is 17.5. The topological polar surface area (TPSA) is 75.2 Å². The third-order valence-electron chi connectivity index (χ3n) is 4.17. The summed E-state index contributed by atoms with van der Waals surface area (Å²) in [5.41, 5.74) is 1.95. The minimum atomic E-state index is -0.377. The molecule has 1 N–H and O–H groups in total. The fourth-order valence-corrected chi connectivity index (χ4v) is 2.77. The van der Waals surface area contributed by atoms with E-state index in [0.717, 1.165) is 5.39 Å². The molecule has 1 aromatic carbocycles. The van der Waals surface area contributed by atoms with Gasteiger partial charge >= 0.3 is 0 Å². The Labute approximate surface area is 151 Å². The van der Waals surface area contributed by atoms with Crippen molar-refractivity contribution in [3.05, 3.63) is 66.1 Å². The number of fused-ring (bicyclic) bond motifs is 1. The van der Waals surface area contributed by atoms with Crippen LogP contribution in [0.15, 0.2) is 54.9 Å². The Kier molecular flexibility index (Phi) is 5.22. The molecule has 132 valence electrons. The first-order valence-corrected chi connectivity index (χ1v) is 8.54. The van der Waals surface area contributed by atoms with E-state index in [4.69, 9.17) is 0 Å². The first-order chi connectivity index (χ1) is 12.6. The second-order valence-electron chi connectivity index (χ2n) is 5.74. The second-order valence-corrected chi connectivity index (χ2v) is 5.74. The molecule has 3 aromatic rings. The molecule has 6 heteroatoms. The Morgan fingerprint density at radius 1 is 1.00 bits per heavy atom. The van der Waals surface area contributed by atoms with E-state index in [1.807, 2.05) is 38.1 Å². The number of rotatable bonds is 5. The predicted molar refractivity (Wildman–Crippen MR) is 101 cm³/mol. The van der Waals surface area contributed by atoms with Crippen LogP contribution in [0.2, 0.25) is 0 Å². The Balaban J connectivity index is 1.86. The zero-order valence-corrected chi connectivity index (χ0v) is 14.8. The highest BCUT2D eigenvalue weighted by Gasteiger charge is 2.16. The van der Waals surface area contributed by atoms with Gasteiger partial charge in [0.05, 0.1) is 11.2 Å². The number of nitrogens with zero attached hydrogens (tertiary/aromatic N) is 3. The van der Waals surface area contributed by atoms with E-state index < -0.39 is 0 Å². The summed E-state index contributed by atoms with van der Waals surface area (Å²) in [4.78, 5) is 35.2. The Bertz CT molecular complexity index is 946. The van der Waals surface area contributed by atoms with Crippen molar-refractivity contribution < 1.29 is 9.59 Å². The number of para-hydroxylation sites is 1. The van der Waals surface area contributed by atoms with Gasteiger partial charge in [-0.25, -0.2) is 0 Å². The molecule has 0 saturated heterocycles. The molecule has 0 unspecified atom stereocenters. The van der Waals surface area contributed by atoms with Gasteiger partial charge in [0, 0.05) is 36.4 Å². The van der Waals surface area contributed by atoms with Crippen molar-refractivity contribution in [2.45, 2.75) is 13.8 Å². The maximum Gasteiger partial charge on any atom is 0.274 e. The minimum absolute atomic E-state index is 0.113. The molecule has 26 heavy (non-hydrogen) atoms. The highest BCUT2D eigenvalue weighted by molar-refractivity contribution is 6.08. The van der Waals surface area contributed by atoms with Gasteiger partial charge in [0.25, 0.3) is 11.8 Å². The van der Waals surface area contributed by atoms with E-state index in [0.29, 0.717) is 29.9 Å². The van der Waals surface area contributed by atoms with Crippen LogP contribution in [0.4, 0.5) is 5.69 Å². The summed E-state index contributed by atoms with van der Waals surface area (Å²) in [5.74, 6) is -0.490. The number of amides is 2. The zero-order valence-electron chi connectivity index (χ0n) is 14.8. The number of carbonyl (C=O) groups excluding carboxylic acids is 2. The van der Waals surface area contributed by atoms with E-state index in [1.165, 1.54) is 12.3 Å². The smallest absolute Gasteiger partial charge is 0.274 e. The number of hydrogen-bond donors (Lipinski definition) is 1. The lowest BCUT2D eigenvalue weighted by atomic mass is 10.1. The van der Waals surface area contributed by atoms with Crippen LogP contribution < -0.4 is 5.32 Å². The van der Waals surface area contributed by atoms with E-state index in [-0.39, 0.29) is 17.5 Å². The molecule has 0 aliphatic heterocycles. The standard InChI is InChI=1S/C20H20N4O2/c1-3-24(4-2)20(26)15-10-12-21-17(13-15)19(25)23-16-9-5-7-14-8-6-11-22-18(14)16/h5-13H,3-4H2,1-2H3,(H,23,25). The van der Waals surface area contributed by atoms with Gasteiger partial charge in [0.15, 0.2) is 0 Å². The van der Waals surface area contributed by atoms with Gasteiger partial charge in [-0.3, -0.25) is 19.6 Å². The van der Waals surface area contributed by atoms with Crippen LogP contribution in [0.5, 0.6) is 0 Å². The fraction of sp³-hybridized carbons (Fsp3) is 0.200. The molecule has 0 bridgehead atoms. The van der Waals surface area contributed by atoms with E-state index >= 15 is 0 Å². The summed E-state index contributed by atoms with van der Waals surface area (Å²) in [6.45, 7) is 5.06. The summed E-state index contributed by atoms with van der Waals surface area (Å²) < 4.78 is 0. The van der Waals surface area contributed by atoms with Crippen LogP contribution in [0.1, 0.15) is 34.7 Å². The van der Waals surface area contributed by atoms with Crippen LogP contribution >= 0.6 is 0 Å². The monoisotopic (exact) mass is 348 g/mol. The van der Waals surface area contributed by atoms with Crippen LogP contribution in [-0.4, -0.2) is 39.8 Å². The van der Waals surface area contributed by atoms with Gasteiger partial charge < -0.3 is 10.2 Å². The van der Waals surface area contributed by atoms with Crippen molar-refractivity contribution >= 4 is 28.4 Å². The molecule has 3 rings (SSSR count). The third-order valence-corrected chi connectivity index (χ3v) is 4.17. The zero-order chi connectivity index (χ0) is 18.5. The van der Waals surface area contributed by atoms with E-state index in [2.05, 4.69) is 15.3 Å². The van der Waals surface area contributed by atoms with Crippen molar-refractivity contribution in [1.29, 1.82) is 0 Å². The minimum Gasteiger partial charge on any atom is -0.339 e. The van der Waals surface area contributed by atoms with Crippen LogP contribution in [0, 0.1) is 0 Å². The molecule has 2 amide bonds. The number of pyridine rings is 2. The molecule has 0 spiro atoms. The number of benzene rings is 1. The van der Waals surface area contributed by atoms with Crippen molar-refractivity contribution in [2.75, 3.05) is 18.4 Å². The summed E-state index contributed by atoms with van der Waals surface area (Å²) in [7, 11) is 0. The van der Waals surface area contributed by atoms with Gasteiger partial charge in [-0.1, -0.05) is 18.2 Å². The largest absolute Gasteiger partial charge is 0.339 e. The lowest BCUT2D eigenvalue weighted by Gasteiger charge is -2.18. The molecular weight excluding hydrogens is 328 g/mol. The lowest BCUT2D eigenvalue weighted by molar-refractivity contribution is 0.0773.